The first-order chi connectivity index (χ1) is 1.73. The van der Waals surface area contributed by atoms with E-state index in [2.05, 4.69) is 0 Å². The smallest absolute Gasteiger partial charge is 0.652 e. The maximum atomic E-state index is 8.33. The maximum Gasteiger partial charge on any atom is 1.00 e. The molecule has 0 amide bonds. The van der Waals surface area contributed by atoms with Crippen LogP contribution in [-0.2, 0) is 26.2 Å². The van der Waals surface area contributed by atoms with Crippen LogP contribution >= 0.6 is 0 Å². The van der Waals surface area contributed by atoms with Gasteiger partial charge in [0.05, 0.1) is 0 Å². The topological polar surface area (TPSA) is 99.7 Å². The molecule has 0 aromatic rings. The SMILES string of the molecule is O=C([O-])[O-].[F].[NH4+].[Zr+]. The number of carbonyl (C=O) groups excluding carboxylic acids is 1. The minimum atomic E-state index is -2.33. The Morgan fingerprint density at radius 2 is 1.29 bits per heavy atom. The van der Waals surface area contributed by atoms with Crippen LogP contribution in [0, 0.1) is 0 Å². The van der Waals surface area contributed by atoms with E-state index in [0.717, 1.165) is 0 Å². The molecule has 0 saturated heterocycles. The van der Waals surface area contributed by atoms with E-state index in [4.69, 9.17) is 15.0 Å². The minimum absolute atomic E-state index is 0. The molecule has 0 saturated carbocycles. The molecule has 6 heteroatoms. The summed E-state index contributed by atoms with van der Waals surface area (Å²) in [6.45, 7) is 0. The predicted molar refractivity (Wildman–Crippen MR) is 12.5 cm³/mol. The van der Waals surface area contributed by atoms with E-state index in [-0.39, 0.29) is 37.1 Å². The van der Waals surface area contributed by atoms with Crippen molar-refractivity contribution in [2.24, 2.45) is 0 Å². The molecule has 0 heterocycles. The van der Waals surface area contributed by atoms with E-state index in [0.29, 0.717) is 0 Å². The molecule has 0 unspecified atom stereocenters. The number of hydrogen-bond donors (Lipinski definition) is 1. The van der Waals surface area contributed by atoms with Crippen LogP contribution < -0.4 is 16.4 Å². The van der Waals surface area contributed by atoms with E-state index in [1.54, 1.807) is 0 Å². The van der Waals surface area contributed by atoms with Gasteiger partial charge in [-0.25, -0.2) is 0 Å². The summed E-state index contributed by atoms with van der Waals surface area (Å²) in [5.74, 6) is 0. The molecule has 0 fully saturated rings. The van der Waals surface area contributed by atoms with Gasteiger partial charge in [-0.2, -0.15) is 0 Å². The molecule has 2 radical (unpaired) electrons. The molecule has 0 aromatic carbocycles. The summed E-state index contributed by atoms with van der Waals surface area (Å²) in [6.07, 6.45) is -2.33. The predicted octanol–water partition coefficient (Wildman–Crippen LogP) is -1.65. The number of carboxylic acid groups (broad SMARTS) is 2. The summed E-state index contributed by atoms with van der Waals surface area (Å²) >= 11 is 0. The number of carbonyl (C=O) groups is 1. The average molecular weight is 188 g/mol. The summed E-state index contributed by atoms with van der Waals surface area (Å²) in [5, 5.41) is 16.7. The van der Waals surface area contributed by atoms with E-state index in [9.17, 15) is 0 Å². The Kier molecular flexibility index (Phi) is 65.9. The Morgan fingerprint density at radius 1 is 1.29 bits per heavy atom. The van der Waals surface area contributed by atoms with E-state index >= 15 is 0 Å². The van der Waals surface area contributed by atoms with Crippen LogP contribution in [0.4, 0.5) is 9.50 Å². The van der Waals surface area contributed by atoms with Crippen molar-refractivity contribution in [2.75, 3.05) is 0 Å². The second-order valence-corrected chi connectivity index (χ2v) is 0.250. The molecule has 0 atom stereocenters. The molecule has 0 aliphatic heterocycles. The van der Waals surface area contributed by atoms with Gasteiger partial charge in [0.25, 0.3) is 0 Å². The van der Waals surface area contributed by atoms with Gasteiger partial charge in [0, 0.05) is 4.70 Å². The largest absolute Gasteiger partial charge is 1.00 e. The summed E-state index contributed by atoms with van der Waals surface area (Å²) in [5.41, 5.74) is 0. The third-order valence-electron chi connectivity index (χ3n) is 0. The molecule has 7 heavy (non-hydrogen) atoms. The van der Waals surface area contributed by atoms with Crippen molar-refractivity contribution in [1.82, 2.24) is 6.15 Å². The van der Waals surface area contributed by atoms with Gasteiger partial charge in [-0.3, -0.25) is 0 Å². The summed E-state index contributed by atoms with van der Waals surface area (Å²) in [4.78, 5) is 8.33. The van der Waals surface area contributed by atoms with Crippen LogP contribution in [0.3, 0.4) is 0 Å². The van der Waals surface area contributed by atoms with Gasteiger partial charge in [0.15, 0.2) is 0 Å². The fraction of sp³-hybridized carbons (Fsp3) is 0. The number of rotatable bonds is 0. The third kappa shape index (κ3) is 53100. The Labute approximate surface area is 58.6 Å². The Hall–Kier alpha value is 0.0431. The first-order valence-electron chi connectivity index (χ1n) is 0.612. The summed E-state index contributed by atoms with van der Waals surface area (Å²) < 4.78 is 0. The van der Waals surface area contributed by atoms with Crippen molar-refractivity contribution in [1.29, 1.82) is 0 Å². The fourth-order valence-electron chi connectivity index (χ4n) is 0. The molecular formula is CH4FNO3Zr. The van der Waals surface area contributed by atoms with Crippen molar-refractivity contribution in [3.05, 3.63) is 0 Å². The zero-order valence-corrected chi connectivity index (χ0v) is 6.06. The zero-order valence-electron chi connectivity index (χ0n) is 3.60. The van der Waals surface area contributed by atoms with Crippen molar-refractivity contribution in [3.63, 3.8) is 0 Å². The number of halogens is 1. The fourth-order valence-corrected chi connectivity index (χ4v) is 0. The average Bonchev–Trinajstić information content (AvgIpc) is 0.811. The quantitative estimate of drug-likeness (QED) is 0.492. The summed E-state index contributed by atoms with van der Waals surface area (Å²) in [6, 6.07) is 0. The third-order valence-corrected chi connectivity index (χ3v) is 0. The normalized spacial score (nSPS) is 3.43. The first kappa shape index (κ1) is 27.8. The van der Waals surface area contributed by atoms with Crippen LogP contribution in [0.1, 0.15) is 0 Å². The Balaban J connectivity index is -0.0000000150. The van der Waals surface area contributed by atoms with Gasteiger partial charge >= 0.3 is 26.2 Å². The maximum absolute atomic E-state index is 8.33. The molecule has 42 valence electrons. The minimum Gasteiger partial charge on any atom is -0.652 e. The van der Waals surface area contributed by atoms with Crippen molar-refractivity contribution < 1.29 is 45.9 Å². The first-order valence-corrected chi connectivity index (χ1v) is 0.612. The monoisotopic (exact) mass is 187 g/mol. The molecule has 0 bridgehead atoms. The van der Waals surface area contributed by atoms with Gasteiger partial charge in [0.1, 0.15) is 0 Å². The van der Waals surface area contributed by atoms with Gasteiger partial charge < -0.3 is 21.2 Å². The second kappa shape index (κ2) is 16.6. The zero-order chi connectivity index (χ0) is 3.58. The van der Waals surface area contributed by atoms with E-state index in [1.807, 2.05) is 0 Å². The standard InChI is InChI=1S/CH2O3.F.H3N.Zr/c2-1(3)4;;;/h(H2,2,3,4);;1H3;/q;;;+1/p-1. The van der Waals surface area contributed by atoms with Crippen molar-refractivity contribution in [3.8, 4) is 0 Å². The Bertz CT molecular complexity index is 37.9. The van der Waals surface area contributed by atoms with E-state index in [1.165, 1.54) is 0 Å². The molecule has 4 N–H and O–H groups in total. The molecule has 0 aliphatic rings. The van der Waals surface area contributed by atoms with Gasteiger partial charge in [0.2, 0.25) is 0 Å². The van der Waals surface area contributed by atoms with Crippen molar-refractivity contribution in [2.45, 2.75) is 0 Å². The van der Waals surface area contributed by atoms with Crippen LogP contribution in [-0.4, -0.2) is 6.16 Å². The second-order valence-electron chi connectivity index (χ2n) is 0.250. The molecule has 4 nitrogen and oxygen atoms in total. The molecular weight excluding hydrogens is 184 g/mol. The molecule has 0 aliphatic carbocycles. The number of quaternary nitrogens is 1. The Morgan fingerprint density at radius 3 is 1.29 bits per heavy atom. The van der Waals surface area contributed by atoms with Gasteiger partial charge in [-0.15, -0.1) is 0 Å². The van der Waals surface area contributed by atoms with Crippen LogP contribution in [0.2, 0.25) is 0 Å². The number of hydrogen-bond acceptors (Lipinski definition) is 3. The molecule has 0 aromatic heterocycles. The van der Waals surface area contributed by atoms with Crippen LogP contribution in [0.5, 0.6) is 0 Å². The van der Waals surface area contributed by atoms with Crippen LogP contribution in [0.25, 0.3) is 0 Å². The van der Waals surface area contributed by atoms with E-state index < -0.39 is 6.16 Å². The van der Waals surface area contributed by atoms with Gasteiger partial charge in [-0.05, 0) is 6.16 Å². The van der Waals surface area contributed by atoms with Crippen molar-refractivity contribution >= 4 is 6.16 Å². The molecule has 0 spiro atoms. The summed E-state index contributed by atoms with van der Waals surface area (Å²) in [7, 11) is 0. The van der Waals surface area contributed by atoms with Gasteiger partial charge in [-0.1, -0.05) is 0 Å². The van der Waals surface area contributed by atoms with Crippen LogP contribution in [0.15, 0.2) is 0 Å². The molecule has 0 rings (SSSR count).